The summed E-state index contributed by atoms with van der Waals surface area (Å²) in [7, 11) is -0.605. The van der Waals surface area contributed by atoms with Crippen molar-refractivity contribution in [2.45, 2.75) is 30.7 Å². The lowest BCUT2D eigenvalue weighted by atomic mass is 10.2. The predicted molar refractivity (Wildman–Crippen MR) is 102 cm³/mol. The third kappa shape index (κ3) is 3.99. The van der Waals surface area contributed by atoms with Crippen LogP contribution in [0.4, 0.5) is 0 Å². The van der Waals surface area contributed by atoms with Gasteiger partial charge in [-0.2, -0.15) is 4.31 Å². The zero-order chi connectivity index (χ0) is 19.5. The molecule has 1 aliphatic rings. The molecule has 0 unspecified atom stereocenters. The van der Waals surface area contributed by atoms with Gasteiger partial charge >= 0.3 is 0 Å². The van der Waals surface area contributed by atoms with Crippen LogP contribution in [0.3, 0.4) is 0 Å². The van der Waals surface area contributed by atoms with E-state index in [4.69, 9.17) is 9.47 Å². The molecule has 0 aliphatic heterocycles. The molecule has 144 valence electrons. The van der Waals surface area contributed by atoms with Crippen molar-refractivity contribution in [1.82, 2.24) is 4.31 Å². The molecule has 0 amide bonds. The van der Waals surface area contributed by atoms with Crippen LogP contribution in [0.25, 0.3) is 0 Å². The van der Waals surface area contributed by atoms with E-state index >= 15 is 0 Å². The van der Waals surface area contributed by atoms with Crippen molar-refractivity contribution in [2.24, 2.45) is 0 Å². The van der Waals surface area contributed by atoms with Crippen molar-refractivity contribution in [3.63, 3.8) is 0 Å². The first-order valence-corrected chi connectivity index (χ1v) is 10.1. The lowest BCUT2D eigenvalue weighted by Crippen LogP contribution is -2.40. The molecular weight excluding hydrogens is 366 g/mol. The quantitative estimate of drug-likeness (QED) is 0.617. The van der Waals surface area contributed by atoms with Gasteiger partial charge in [-0.3, -0.25) is 0 Å². The Bertz CT molecular complexity index is 837. The number of methoxy groups -OCH3 is 2. The molecule has 2 aromatic rings. The molecule has 7 heteroatoms. The number of benzene rings is 2. The summed E-state index contributed by atoms with van der Waals surface area (Å²) in [6, 6.07) is 14.5. The van der Waals surface area contributed by atoms with E-state index in [2.05, 4.69) is 0 Å². The molecule has 1 aliphatic carbocycles. The number of nitrogens with zero attached hydrogens (tertiary/aromatic N) is 1. The third-order valence-corrected chi connectivity index (χ3v) is 7.32. The predicted octanol–water partition coefficient (Wildman–Crippen LogP) is 2.77. The Labute approximate surface area is 159 Å². The second-order valence-corrected chi connectivity index (χ2v) is 8.93. The highest BCUT2D eigenvalue weighted by Gasteiger charge is 2.57. The maximum atomic E-state index is 13.1. The van der Waals surface area contributed by atoms with Gasteiger partial charge in [0.15, 0.2) is 0 Å². The lowest BCUT2D eigenvalue weighted by molar-refractivity contribution is -0.108. The Kier molecular flexibility index (Phi) is 5.53. The smallest absolute Gasteiger partial charge is 0.227 e. The highest BCUT2D eigenvalue weighted by molar-refractivity contribution is 7.91. The van der Waals surface area contributed by atoms with Crippen LogP contribution in [0.2, 0.25) is 0 Å². The largest absolute Gasteiger partial charge is 0.497 e. The van der Waals surface area contributed by atoms with Gasteiger partial charge in [-0.05, 0) is 48.2 Å². The van der Waals surface area contributed by atoms with Crippen LogP contribution in [0.1, 0.15) is 24.0 Å². The molecular formula is C20H23NO5S. The maximum absolute atomic E-state index is 13.1. The molecule has 0 bridgehead atoms. The van der Waals surface area contributed by atoms with Crippen molar-refractivity contribution in [1.29, 1.82) is 0 Å². The zero-order valence-corrected chi connectivity index (χ0v) is 16.2. The summed E-state index contributed by atoms with van der Waals surface area (Å²) < 4.78 is 36.7. The van der Waals surface area contributed by atoms with Gasteiger partial charge in [-0.15, -0.1) is 0 Å². The van der Waals surface area contributed by atoms with Crippen LogP contribution in [-0.2, 0) is 27.9 Å². The van der Waals surface area contributed by atoms with Gasteiger partial charge in [0.05, 0.1) is 14.2 Å². The monoisotopic (exact) mass is 389 g/mol. The van der Waals surface area contributed by atoms with Crippen molar-refractivity contribution in [3.8, 4) is 11.5 Å². The van der Waals surface area contributed by atoms with Gasteiger partial charge in [0.2, 0.25) is 10.0 Å². The first-order chi connectivity index (χ1) is 12.9. The first-order valence-electron chi connectivity index (χ1n) is 8.66. The summed E-state index contributed by atoms with van der Waals surface area (Å²) in [6.07, 6.45) is 1.33. The van der Waals surface area contributed by atoms with E-state index in [1.165, 1.54) is 4.31 Å². The lowest BCUT2D eigenvalue weighted by Gasteiger charge is -2.25. The van der Waals surface area contributed by atoms with Crippen LogP contribution in [0.5, 0.6) is 11.5 Å². The summed E-state index contributed by atoms with van der Waals surface area (Å²) in [6.45, 7) is 0.377. The van der Waals surface area contributed by atoms with E-state index < -0.39 is 14.8 Å². The zero-order valence-electron chi connectivity index (χ0n) is 15.4. The second kappa shape index (κ2) is 7.70. The Morgan fingerprint density at radius 1 is 0.889 bits per heavy atom. The number of ether oxygens (including phenoxy) is 2. The molecule has 0 heterocycles. The second-order valence-electron chi connectivity index (χ2n) is 6.65. The van der Waals surface area contributed by atoms with E-state index in [1.807, 2.05) is 24.3 Å². The Morgan fingerprint density at radius 2 is 1.30 bits per heavy atom. The number of aldehydes is 1. The van der Waals surface area contributed by atoms with Crippen molar-refractivity contribution >= 4 is 16.3 Å². The van der Waals surface area contributed by atoms with E-state index in [9.17, 15) is 13.2 Å². The van der Waals surface area contributed by atoms with Gasteiger partial charge in [0.1, 0.15) is 22.5 Å². The fourth-order valence-electron chi connectivity index (χ4n) is 2.91. The van der Waals surface area contributed by atoms with E-state index in [-0.39, 0.29) is 13.1 Å². The summed E-state index contributed by atoms with van der Waals surface area (Å²) in [5.41, 5.74) is 1.66. The average molecular weight is 389 g/mol. The fourth-order valence-corrected chi connectivity index (χ4v) is 4.80. The molecule has 3 rings (SSSR count). The van der Waals surface area contributed by atoms with E-state index in [0.29, 0.717) is 30.6 Å². The summed E-state index contributed by atoms with van der Waals surface area (Å²) in [4.78, 5) is 11.5. The number of hydrogen-bond acceptors (Lipinski definition) is 5. The third-order valence-electron chi connectivity index (χ3n) is 4.85. The van der Waals surface area contributed by atoms with E-state index in [0.717, 1.165) is 11.1 Å². The number of sulfonamides is 1. The van der Waals surface area contributed by atoms with Crippen LogP contribution < -0.4 is 9.47 Å². The minimum Gasteiger partial charge on any atom is -0.497 e. The summed E-state index contributed by atoms with van der Waals surface area (Å²) in [5.74, 6) is 1.41. The van der Waals surface area contributed by atoms with Crippen LogP contribution >= 0.6 is 0 Å². The van der Waals surface area contributed by atoms with Crippen LogP contribution in [0.15, 0.2) is 48.5 Å². The van der Waals surface area contributed by atoms with Crippen LogP contribution in [-0.4, -0.2) is 38.0 Å². The standard InChI is InChI=1S/C20H23NO5S/c1-25-18-7-3-16(4-8-18)13-21(27(23,24)20(15-22)11-12-20)14-17-5-9-19(26-2)10-6-17/h3-10,15H,11-14H2,1-2H3. The molecule has 0 spiro atoms. The number of hydrogen-bond donors (Lipinski definition) is 0. The molecule has 6 nitrogen and oxygen atoms in total. The SMILES string of the molecule is COc1ccc(CN(Cc2ccc(OC)cc2)S(=O)(=O)C2(C=O)CC2)cc1. The Hall–Kier alpha value is -2.38. The number of carbonyl (C=O) groups excluding carboxylic acids is 1. The van der Waals surface area contributed by atoms with Crippen molar-refractivity contribution < 1.29 is 22.7 Å². The highest BCUT2D eigenvalue weighted by Crippen LogP contribution is 2.44. The Morgan fingerprint density at radius 3 is 1.59 bits per heavy atom. The molecule has 27 heavy (non-hydrogen) atoms. The molecule has 0 atom stereocenters. The van der Waals surface area contributed by atoms with E-state index in [1.54, 1.807) is 38.5 Å². The fraction of sp³-hybridized carbons (Fsp3) is 0.350. The molecule has 0 radical (unpaired) electrons. The van der Waals surface area contributed by atoms with Gasteiger partial charge < -0.3 is 14.3 Å². The molecule has 2 aromatic carbocycles. The highest BCUT2D eigenvalue weighted by atomic mass is 32.2. The summed E-state index contributed by atoms with van der Waals surface area (Å²) in [5, 5.41) is 0. The summed E-state index contributed by atoms with van der Waals surface area (Å²) >= 11 is 0. The first kappa shape index (κ1) is 19.4. The van der Waals surface area contributed by atoms with Gasteiger partial charge in [-0.25, -0.2) is 8.42 Å². The topological polar surface area (TPSA) is 72.9 Å². The maximum Gasteiger partial charge on any atom is 0.227 e. The van der Waals surface area contributed by atoms with Crippen molar-refractivity contribution in [2.75, 3.05) is 14.2 Å². The van der Waals surface area contributed by atoms with Gasteiger partial charge in [0.25, 0.3) is 0 Å². The molecule has 0 saturated heterocycles. The average Bonchev–Trinajstić information content (AvgIpc) is 3.50. The van der Waals surface area contributed by atoms with Gasteiger partial charge in [0, 0.05) is 13.1 Å². The molecule has 0 N–H and O–H groups in total. The van der Waals surface area contributed by atoms with Crippen LogP contribution in [0, 0.1) is 0 Å². The Balaban J connectivity index is 1.88. The van der Waals surface area contributed by atoms with Crippen molar-refractivity contribution in [3.05, 3.63) is 59.7 Å². The molecule has 1 fully saturated rings. The minimum atomic E-state index is -3.76. The number of carbonyl (C=O) groups is 1. The van der Waals surface area contributed by atoms with Gasteiger partial charge in [-0.1, -0.05) is 24.3 Å². The minimum absolute atomic E-state index is 0.188. The number of rotatable bonds is 9. The molecule has 0 aromatic heterocycles. The molecule has 1 saturated carbocycles. The normalized spacial score (nSPS) is 15.4.